The Morgan fingerprint density at radius 2 is 2.11 bits per heavy atom. The van der Waals surface area contributed by atoms with Crippen LogP contribution in [0.15, 0.2) is 18.2 Å². The lowest BCUT2D eigenvalue weighted by Crippen LogP contribution is -2.51. The Kier molecular flexibility index (Phi) is 3.88. The summed E-state index contributed by atoms with van der Waals surface area (Å²) in [7, 11) is 0. The highest BCUT2D eigenvalue weighted by Gasteiger charge is 2.34. The second kappa shape index (κ2) is 5.24. The second-order valence-electron chi connectivity index (χ2n) is 4.75. The Labute approximate surface area is 111 Å². The Hall–Kier alpha value is -1.13. The van der Waals surface area contributed by atoms with E-state index in [2.05, 4.69) is 5.32 Å². The van der Waals surface area contributed by atoms with Crippen LogP contribution in [0.2, 0.25) is 5.02 Å². The van der Waals surface area contributed by atoms with E-state index in [9.17, 15) is 9.18 Å². The highest BCUT2D eigenvalue weighted by atomic mass is 35.5. The third-order valence-corrected chi connectivity index (χ3v) is 3.82. The van der Waals surface area contributed by atoms with Gasteiger partial charge in [0.25, 0.3) is 5.91 Å². The van der Waals surface area contributed by atoms with Crippen LogP contribution in [0.4, 0.5) is 4.39 Å². The fourth-order valence-corrected chi connectivity index (χ4v) is 2.59. The van der Waals surface area contributed by atoms with Crippen LogP contribution in [-0.2, 0) is 0 Å². The predicted octanol–water partition coefficient (Wildman–Crippen LogP) is 2.48. The van der Waals surface area contributed by atoms with Gasteiger partial charge in [0.2, 0.25) is 0 Å². The van der Waals surface area contributed by atoms with Gasteiger partial charge in [-0.3, -0.25) is 4.79 Å². The maximum Gasteiger partial charge on any atom is 0.254 e. The summed E-state index contributed by atoms with van der Waals surface area (Å²) in [6, 6.07) is 4.40. The quantitative estimate of drug-likeness (QED) is 0.887. The van der Waals surface area contributed by atoms with E-state index in [4.69, 9.17) is 17.3 Å². The summed E-state index contributed by atoms with van der Waals surface area (Å²) in [5, 5.41) is 2.82. The molecule has 1 aliphatic rings. The lowest BCUT2D eigenvalue weighted by atomic mass is 9.97. The van der Waals surface area contributed by atoms with Gasteiger partial charge in [-0.1, -0.05) is 30.5 Å². The van der Waals surface area contributed by atoms with Crippen molar-refractivity contribution in [1.82, 2.24) is 5.32 Å². The van der Waals surface area contributed by atoms with Crippen molar-refractivity contribution in [3.8, 4) is 0 Å². The molecule has 3 nitrogen and oxygen atoms in total. The molecule has 18 heavy (non-hydrogen) atoms. The van der Waals surface area contributed by atoms with Gasteiger partial charge in [0, 0.05) is 6.54 Å². The molecule has 0 unspecified atom stereocenters. The third-order valence-electron chi connectivity index (χ3n) is 3.53. The SMILES string of the molecule is NCC1(NC(=O)c2cccc(Cl)c2F)CCCC1. The van der Waals surface area contributed by atoms with Crippen LogP contribution in [0.25, 0.3) is 0 Å². The second-order valence-corrected chi connectivity index (χ2v) is 5.15. The van der Waals surface area contributed by atoms with E-state index in [0.29, 0.717) is 6.54 Å². The number of hydrogen-bond donors (Lipinski definition) is 2. The van der Waals surface area contributed by atoms with Crippen molar-refractivity contribution >= 4 is 17.5 Å². The number of amides is 1. The van der Waals surface area contributed by atoms with Gasteiger partial charge in [0.1, 0.15) is 0 Å². The number of rotatable bonds is 3. The van der Waals surface area contributed by atoms with Crippen LogP contribution in [-0.4, -0.2) is 18.0 Å². The predicted molar refractivity (Wildman–Crippen MR) is 69.1 cm³/mol. The summed E-state index contributed by atoms with van der Waals surface area (Å²) in [5.74, 6) is -1.12. The molecule has 0 atom stereocenters. The van der Waals surface area contributed by atoms with Crippen molar-refractivity contribution in [2.24, 2.45) is 5.73 Å². The van der Waals surface area contributed by atoms with Gasteiger partial charge in [-0.15, -0.1) is 0 Å². The first-order chi connectivity index (χ1) is 8.58. The van der Waals surface area contributed by atoms with Crippen LogP contribution in [0.3, 0.4) is 0 Å². The van der Waals surface area contributed by atoms with E-state index >= 15 is 0 Å². The molecule has 0 aromatic heterocycles. The lowest BCUT2D eigenvalue weighted by molar-refractivity contribution is 0.0899. The molecule has 0 heterocycles. The van der Waals surface area contributed by atoms with E-state index in [1.807, 2.05) is 0 Å². The summed E-state index contributed by atoms with van der Waals surface area (Å²) >= 11 is 5.66. The zero-order chi connectivity index (χ0) is 13.2. The Morgan fingerprint density at radius 3 is 2.72 bits per heavy atom. The van der Waals surface area contributed by atoms with Gasteiger partial charge in [-0.2, -0.15) is 0 Å². The van der Waals surface area contributed by atoms with Gasteiger partial charge in [-0.05, 0) is 25.0 Å². The number of benzene rings is 1. The molecule has 0 saturated heterocycles. The monoisotopic (exact) mass is 270 g/mol. The van der Waals surface area contributed by atoms with Crippen LogP contribution in [0, 0.1) is 5.82 Å². The molecular weight excluding hydrogens is 255 g/mol. The number of carbonyl (C=O) groups is 1. The summed E-state index contributed by atoms with van der Waals surface area (Å²) in [6.07, 6.45) is 3.76. The molecule has 2 rings (SSSR count). The van der Waals surface area contributed by atoms with Gasteiger partial charge in [-0.25, -0.2) is 4.39 Å². The fraction of sp³-hybridized carbons (Fsp3) is 0.462. The Morgan fingerprint density at radius 1 is 1.44 bits per heavy atom. The molecule has 98 valence electrons. The van der Waals surface area contributed by atoms with E-state index < -0.39 is 11.7 Å². The van der Waals surface area contributed by atoms with Crippen molar-refractivity contribution in [1.29, 1.82) is 0 Å². The third kappa shape index (κ3) is 2.49. The van der Waals surface area contributed by atoms with Gasteiger partial charge < -0.3 is 11.1 Å². The summed E-state index contributed by atoms with van der Waals surface area (Å²) < 4.78 is 13.7. The summed E-state index contributed by atoms with van der Waals surface area (Å²) in [6.45, 7) is 0.376. The molecule has 1 aliphatic carbocycles. The van der Waals surface area contributed by atoms with Gasteiger partial charge >= 0.3 is 0 Å². The molecular formula is C13H16ClFN2O. The molecule has 3 N–H and O–H groups in total. The molecule has 0 aliphatic heterocycles. The maximum absolute atomic E-state index is 13.7. The first-order valence-electron chi connectivity index (χ1n) is 6.05. The van der Waals surface area contributed by atoms with Crippen LogP contribution < -0.4 is 11.1 Å². The number of nitrogens with one attached hydrogen (secondary N) is 1. The van der Waals surface area contributed by atoms with Crippen LogP contribution >= 0.6 is 11.6 Å². The molecule has 1 fully saturated rings. The fourth-order valence-electron chi connectivity index (χ4n) is 2.42. The largest absolute Gasteiger partial charge is 0.345 e. The topological polar surface area (TPSA) is 55.1 Å². The highest BCUT2D eigenvalue weighted by molar-refractivity contribution is 6.31. The molecule has 0 bridgehead atoms. The van der Waals surface area contributed by atoms with E-state index in [1.54, 1.807) is 6.07 Å². The molecule has 1 aromatic carbocycles. The number of hydrogen-bond acceptors (Lipinski definition) is 2. The van der Waals surface area contributed by atoms with Crippen molar-refractivity contribution < 1.29 is 9.18 Å². The Balaban J connectivity index is 2.19. The summed E-state index contributed by atoms with van der Waals surface area (Å²) in [4.78, 5) is 12.1. The number of nitrogens with two attached hydrogens (primary N) is 1. The average molecular weight is 271 g/mol. The Bertz CT molecular complexity index is 458. The van der Waals surface area contributed by atoms with Crippen molar-refractivity contribution in [2.75, 3.05) is 6.54 Å². The molecule has 1 aromatic rings. The maximum atomic E-state index is 13.7. The van der Waals surface area contributed by atoms with Crippen LogP contribution in [0.5, 0.6) is 0 Å². The molecule has 5 heteroatoms. The van der Waals surface area contributed by atoms with E-state index in [-0.39, 0.29) is 16.1 Å². The van der Waals surface area contributed by atoms with Crippen molar-refractivity contribution in [3.63, 3.8) is 0 Å². The number of halogens is 2. The molecule has 1 saturated carbocycles. The minimum Gasteiger partial charge on any atom is -0.345 e. The molecule has 0 spiro atoms. The van der Waals surface area contributed by atoms with Gasteiger partial charge in [0.15, 0.2) is 5.82 Å². The first-order valence-corrected chi connectivity index (χ1v) is 6.42. The zero-order valence-electron chi connectivity index (χ0n) is 10.0. The van der Waals surface area contributed by atoms with Crippen LogP contribution in [0.1, 0.15) is 36.0 Å². The smallest absolute Gasteiger partial charge is 0.254 e. The minimum absolute atomic E-state index is 0.0257. The number of carbonyl (C=O) groups excluding carboxylic acids is 1. The first kappa shape index (κ1) is 13.3. The summed E-state index contributed by atoms with van der Waals surface area (Å²) in [5.41, 5.74) is 5.32. The normalized spacial score (nSPS) is 17.7. The van der Waals surface area contributed by atoms with Gasteiger partial charge in [0.05, 0.1) is 16.1 Å². The molecule has 0 radical (unpaired) electrons. The van der Waals surface area contributed by atoms with E-state index in [0.717, 1.165) is 25.7 Å². The van der Waals surface area contributed by atoms with Crippen molar-refractivity contribution in [2.45, 2.75) is 31.2 Å². The zero-order valence-corrected chi connectivity index (χ0v) is 10.8. The average Bonchev–Trinajstić information content (AvgIpc) is 2.81. The standard InChI is InChI=1S/C13H16ClFN2O/c14-10-5-3-4-9(11(10)15)12(18)17-13(8-16)6-1-2-7-13/h3-5H,1-2,6-8,16H2,(H,17,18). The highest BCUT2D eigenvalue weighted by Crippen LogP contribution is 2.29. The van der Waals surface area contributed by atoms with Crippen molar-refractivity contribution in [3.05, 3.63) is 34.6 Å². The van der Waals surface area contributed by atoms with E-state index in [1.165, 1.54) is 12.1 Å². The lowest BCUT2D eigenvalue weighted by Gasteiger charge is -2.28. The minimum atomic E-state index is -0.679. The molecule has 1 amide bonds.